The predicted octanol–water partition coefficient (Wildman–Crippen LogP) is 5.98. The zero-order chi connectivity index (χ0) is 19.1. The summed E-state index contributed by atoms with van der Waals surface area (Å²) in [7, 11) is 0. The van der Waals surface area contributed by atoms with E-state index in [9.17, 15) is 9.90 Å². The third-order valence-corrected chi connectivity index (χ3v) is 4.59. The van der Waals surface area contributed by atoms with Crippen LogP contribution in [0.2, 0.25) is 0 Å². The first-order valence-corrected chi connectivity index (χ1v) is 9.37. The van der Waals surface area contributed by atoms with Gasteiger partial charge in [-0.25, -0.2) is 4.79 Å². The van der Waals surface area contributed by atoms with Gasteiger partial charge in [0.25, 0.3) is 0 Å². The van der Waals surface area contributed by atoms with Crippen molar-refractivity contribution in [3.05, 3.63) is 106 Å². The summed E-state index contributed by atoms with van der Waals surface area (Å²) < 4.78 is 6.96. The van der Waals surface area contributed by atoms with E-state index in [1.54, 1.807) is 18.2 Å². The molecule has 3 nitrogen and oxygen atoms in total. The molecule has 0 fully saturated rings. The summed E-state index contributed by atoms with van der Waals surface area (Å²) >= 11 is 3.49. The first kappa shape index (κ1) is 18.9. The van der Waals surface area contributed by atoms with E-state index < -0.39 is 5.97 Å². The summed E-state index contributed by atoms with van der Waals surface area (Å²) in [4.78, 5) is 11.3. The summed E-state index contributed by atoms with van der Waals surface area (Å²) in [6.07, 6.45) is 4.44. The molecule has 0 aromatic heterocycles. The van der Waals surface area contributed by atoms with Crippen molar-refractivity contribution in [1.82, 2.24) is 0 Å². The van der Waals surface area contributed by atoms with Gasteiger partial charge in [0, 0.05) is 4.47 Å². The number of ether oxygens (including phenoxy) is 1. The van der Waals surface area contributed by atoms with E-state index in [4.69, 9.17) is 4.74 Å². The Balaban J connectivity index is 1.74. The van der Waals surface area contributed by atoms with Crippen LogP contribution in [0.4, 0.5) is 0 Å². The Labute approximate surface area is 167 Å². The number of hydrogen-bond acceptors (Lipinski definition) is 2. The average Bonchev–Trinajstić information content (AvgIpc) is 2.69. The van der Waals surface area contributed by atoms with Crippen LogP contribution in [0.25, 0.3) is 6.08 Å². The van der Waals surface area contributed by atoms with Crippen LogP contribution in [0.5, 0.6) is 5.75 Å². The molecule has 27 heavy (non-hydrogen) atoms. The Hall–Kier alpha value is -2.85. The first-order chi connectivity index (χ1) is 13.1. The molecule has 4 heteroatoms. The second-order valence-corrected chi connectivity index (χ2v) is 6.94. The molecule has 0 amide bonds. The van der Waals surface area contributed by atoms with E-state index in [0.717, 1.165) is 21.3 Å². The highest BCUT2D eigenvalue weighted by Crippen LogP contribution is 2.26. The normalized spacial score (nSPS) is 10.9. The van der Waals surface area contributed by atoms with Gasteiger partial charge in [-0.1, -0.05) is 82.7 Å². The van der Waals surface area contributed by atoms with Gasteiger partial charge in [-0.05, 0) is 41.3 Å². The molecule has 0 heterocycles. The largest absolute Gasteiger partial charge is 0.489 e. The van der Waals surface area contributed by atoms with Gasteiger partial charge in [0.2, 0.25) is 0 Å². The molecule has 0 atom stereocenters. The summed E-state index contributed by atoms with van der Waals surface area (Å²) in [6.45, 7) is 0.496. The molecule has 136 valence electrons. The molecule has 0 unspecified atom stereocenters. The molecule has 3 aromatic carbocycles. The van der Waals surface area contributed by atoms with Gasteiger partial charge < -0.3 is 9.84 Å². The molecule has 0 radical (unpaired) electrons. The second-order valence-electron chi connectivity index (χ2n) is 6.03. The molecule has 0 spiro atoms. The van der Waals surface area contributed by atoms with Crippen molar-refractivity contribution in [3.8, 4) is 5.75 Å². The van der Waals surface area contributed by atoms with Gasteiger partial charge in [-0.15, -0.1) is 0 Å². The number of halogens is 1. The van der Waals surface area contributed by atoms with Gasteiger partial charge in [-0.3, -0.25) is 0 Å². The Bertz CT molecular complexity index is 949. The van der Waals surface area contributed by atoms with Crippen molar-refractivity contribution in [1.29, 1.82) is 0 Å². The lowest BCUT2D eigenvalue weighted by Crippen LogP contribution is -1.99. The first-order valence-electron chi connectivity index (χ1n) is 8.57. The fourth-order valence-corrected chi connectivity index (χ4v) is 3.06. The number of carbonyl (C=O) groups is 1. The minimum absolute atomic E-state index is 0.296. The van der Waals surface area contributed by atoms with Gasteiger partial charge in [0.1, 0.15) is 12.4 Å². The maximum Gasteiger partial charge on any atom is 0.336 e. The Morgan fingerprint density at radius 1 is 1.00 bits per heavy atom. The monoisotopic (exact) mass is 422 g/mol. The van der Waals surface area contributed by atoms with Crippen molar-refractivity contribution >= 4 is 28.0 Å². The topological polar surface area (TPSA) is 46.5 Å². The van der Waals surface area contributed by atoms with Crippen LogP contribution in [-0.2, 0) is 13.0 Å². The maximum absolute atomic E-state index is 11.3. The number of benzene rings is 3. The van der Waals surface area contributed by atoms with Crippen LogP contribution < -0.4 is 4.74 Å². The highest BCUT2D eigenvalue weighted by atomic mass is 79.9. The molecule has 0 aliphatic rings. The Kier molecular flexibility index (Phi) is 6.44. The zero-order valence-electron chi connectivity index (χ0n) is 14.6. The maximum atomic E-state index is 11.3. The third-order valence-electron chi connectivity index (χ3n) is 4.09. The van der Waals surface area contributed by atoms with E-state index in [1.807, 2.05) is 66.7 Å². The van der Waals surface area contributed by atoms with Gasteiger partial charge >= 0.3 is 5.97 Å². The van der Waals surface area contributed by atoms with Crippen molar-refractivity contribution < 1.29 is 14.6 Å². The van der Waals surface area contributed by atoms with Gasteiger partial charge in [0.05, 0.1) is 5.56 Å². The smallest absolute Gasteiger partial charge is 0.336 e. The fraction of sp³-hybridized carbons (Fsp3) is 0.0870. The number of carboxylic acids is 1. The lowest BCUT2D eigenvalue weighted by molar-refractivity contribution is 0.0696. The molecule has 0 aliphatic heterocycles. The average molecular weight is 423 g/mol. The van der Waals surface area contributed by atoms with E-state index in [-0.39, 0.29) is 0 Å². The van der Waals surface area contributed by atoms with Crippen molar-refractivity contribution in [3.63, 3.8) is 0 Å². The van der Waals surface area contributed by atoms with Crippen molar-refractivity contribution in [2.75, 3.05) is 0 Å². The van der Waals surface area contributed by atoms with Crippen LogP contribution in [0.3, 0.4) is 0 Å². The predicted molar refractivity (Wildman–Crippen MR) is 111 cm³/mol. The zero-order valence-corrected chi connectivity index (χ0v) is 16.2. The minimum atomic E-state index is -0.925. The summed E-state index contributed by atoms with van der Waals surface area (Å²) in [6, 6.07) is 22.9. The van der Waals surface area contributed by atoms with Crippen LogP contribution in [0.1, 0.15) is 27.0 Å². The number of hydrogen-bond donors (Lipinski definition) is 1. The highest BCUT2D eigenvalue weighted by Gasteiger charge is 2.07. The third kappa shape index (κ3) is 5.31. The van der Waals surface area contributed by atoms with Crippen LogP contribution in [0.15, 0.2) is 83.3 Å². The van der Waals surface area contributed by atoms with Crippen molar-refractivity contribution in [2.45, 2.75) is 13.0 Å². The molecular formula is C23H19BrO3. The number of carboxylic acid groups (broad SMARTS) is 1. The summed E-state index contributed by atoms with van der Waals surface area (Å²) in [5, 5.41) is 9.28. The lowest BCUT2D eigenvalue weighted by atomic mass is 10.1. The van der Waals surface area contributed by atoms with Crippen LogP contribution >= 0.6 is 15.9 Å². The fourth-order valence-electron chi connectivity index (χ4n) is 2.72. The van der Waals surface area contributed by atoms with Crippen LogP contribution in [0, 0.1) is 0 Å². The Morgan fingerprint density at radius 3 is 2.52 bits per heavy atom. The lowest BCUT2D eigenvalue weighted by Gasteiger charge is -2.11. The number of aromatic carboxylic acids is 1. The molecule has 0 aliphatic carbocycles. The molecule has 0 saturated carbocycles. The van der Waals surface area contributed by atoms with E-state index in [2.05, 4.69) is 15.9 Å². The quantitative estimate of drug-likeness (QED) is 0.509. The molecule has 0 bridgehead atoms. The Morgan fingerprint density at radius 2 is 1.74 bits per heavy atom. The van der Waals surface area contributed by atoms with E-state index >= 15 is 0 Å². The molecule has 0 saturated heterocycles. The SMILES string of the molecule is O=C(O)c1ccccc1C=CCc1ccc(Br)cc1OCc1ccccc1. The minimum Gasteiger partial charge on any atom is -0.489 e. The van der Waals surface area contributed by atoms with Gasteiger partial charge in [0.15, 0.2) is 0 Å². The van der Waals surface area contributed by atoms with E-state index in [0.29, 0.717) is 24.2 Å². The number of rotatable bonds is 7. The standard InChI is InChI=1S/C23H19BrO3/c24-20-14-13-19(22(15-20)27-16-17-7-2-1-3-8-17)11-6-10-18-9-4-5-12-21(18)23(25)26/h1-10,12-15H,11,16H2,(H,25,26). The van der Waals surface area contributed by atoms with Crippen LogP contribution in [-0.4, -0.2) is 11.1 Å². The summed E-state index contributed by atoms with van der Waals surface area (Å²) in [5.74, 6) is -0.116. The summed E-state index contributed by atoms with van der Waals surface area (Å²) in [5.41, 5.74) is 3.13. The molecule has 3 rings (SSSR count). The molecular weight excluding hydrogens is 404 g/mol. The number of allylic oxidation sites excluding steroid dienone is 1. The van der Waals surface area contributed by atoms with E-state index in [1.165, 1.54) is 0 Å². The second kappa shape index (κ2) is 9.19. The van der Waals surface area contributed by atoms with Crippen molar-refractivity contribution in [2.24, 2.45) is 0 Å². The molecule has 3 aromatic rings. The molecule has 1 N–H and O–H groups in total. The highest BCUT2D eigenvalue weighted by molar-refractivity contribution is 9.10. The van der Waals surface area contributed by atoms with Gasteiger partial charge in [-0.2, -0.15) is 0 Å².